The molecule has 19 heavy (non-hydrogen) atoms. The van der Waals surface area contributed by atoms with E-state index in [1.807, 2.05) is 54.6 Å². The molecule has 0 saturated carbocycles. The molecule has 0 aliphatic rings. The standard InChI is InChI=1S/C16H16O3/c1-19-14-9-7-12(8-10-14)11-15(16(17)18)13-5-3-2-4-6-13/h2-10,15H,11H2,1H3,(H,17,18)/p-1/t15-/m0/s1. The average molecular weight is 255 g/mol. The molecule has 0 aromatic heterocycles. The van der Waals surface area contributed by atoms with Crippen molar-refractivity contribution in [1.29, 1.82) is 0 Å². The van der Waals surface area contributed by atoms with Crippen molar-refractivity contribution in [2.45, 2.75) is 12.3 Å². The second kappa shape index (κ2) is 6.05. The highest BCUT2D eigenvalue weighted by molar-refractivity contribution is 5.74. The van der Waals surface area contributed by atoms with Crippen LogP contribution in [0.4, 0.5) is 0 Å². The molecular formula is C16H15O3-. The lowest BCUT2D eigenvalue weighted by Gasteiger charge is -2.18. The molecule has 0 bridgehead atoms. The average Bonchev–Trinajstić information content (AvgIpc) is 2.46. The Kier molecular flexibility index (Phi) is 4.18. The maximum Gasteiger partial charge on any atom is 0.118 e. The van der Waals surface area contributed by atoms with Crippen molar-refractivity contribution in [2.24, 2.45) is 0 Å². The Morgan fingerprint density at radius 3 is 2.26 bits per heavy atom. The van der Waals surface area contributed by atoms with Crippen molar-refractivity contribution in [3.05, 3.63) is 65.7 Å². The van der Waals surface area contributed by atoms with E-state index in [2.05, 4.69) is 0 Å². The number of carbonyl (C=O) groups excluding carboxylic acids is 1. The monoisotopic (exact) mass is 255 g/mol. The lowest BCUT2D eigenvalue weighted by molar-refractivity contribution is -0.308. The summed E-state index contributed by atoms with van der Waals surface area (Å²) in [7, 11) is 1.60. The number of ether oxygens (including phenoxy) is 1. The van der Waals surface area contributed by atoms with Gasteiger partial charge in [0.05, 0.1) is 7.11 Å². The molecule has 3 heteroatoms. The van der Waals surface area contributed by atoms with Crippen LogP contribution < -0.4 is 9.84 Å². The lowest BCUT2D eigenvalue weighted by atomic mass is 9.92. The van der Waals surface area contributed by atoms with Crippen LogP contribution in [0.15, 0.2) is 54.6 Å². The molecule has 2 aromatic rings. The van der Waals surface area contributed by atoms with Gasteiger partial charge >= 0.3 is 0 Å². The van der Waals surface area contributed by atoms with Gasteiger partial charge < -0.3 is 14.6 Å². The number of aliphatic carboxylic acids is 1. The van der Waals surface area contributed by atoms with Gasteiger partial charge in [-0.05, 0) is 29.7 Å². The summed E-state index contributed by atoms with van der Waals surface area (Å²) in [5, 5.41) is 11.3. The predicted molar refractivity (Wildman–Crippen MR) is 70.9 cm³/mol. The summed E-state index contributed by atoms with van der Waals surface area (Å²) in [5.41, 5.74) is 1.71. The summed E-state index contributed by atoms with van der Waals surface area (Å²) >= 11 is 0. The van der Waals surface area contributed by atoms with E-state index < -0.39 is 11.9 Å². The molecule has 0 amide bonds. The van der Waals surface area contributed by atoms with Gasteiger partial charge in [0.1, 0.15) is 5.75 Å². The molecule has 0 aliphatic carbocycles. The van der Waals surface area contributed by atoms with Crippen molar-refractivity contribution < 1.29 is 14.6 Å². The number of methoxy groups -OCH3 is 1. The van der Waals surface area contributed by atoms with Gasteiger partial charge in [0, 0.05) is 11.9 Å². The maximum absolute atomic E-state index is 11.3. The van der Waals surface area contributed by atoms with Crippen LogP contribution in [-0.4, -0.2) is 13.1 Å². The number of hydrogen-bond donors (Lipinski definition) is 0. The third-order valence-corrected chi connectivity index (χ3v) is 3.09. The fourth-order valence-corrected chi connectivity index (χ4v) is 2.02. The fourth-order valence-electron chi connectivity index (χ4n) is 2.02. The largest absolute Gasteiger partial charge is 0.549 e. The molecule has 0 fully saturated rings. The Morgan fingerprint density at radius 1 is 1.11 bits per heavy atom. The van der Waals surface area contributed by atoms with E-state index in [-0.39, 0.29) is 0 Å². The highest BCUT2D eigenvalue weighted by Gasteiger charge is 2.13. The van der Waals surface area contributed by atoms with Crippen molar-refractivity contribution in [3.63, 3.8) is 0 Å². The molecule has 3 nitrogen and oxygen atoms in total. The third kappa shape index (κ3) is 3.35. The second-order valence-electron chi connectivity index (χ2n) is 4.33. The second-order valence-corrected chi connectivity index (χ2v) is 4.33. The number of benzene rings is 2. The fraction of sp³-hybridized carbons (Fsp3) is 0.188. The number of rotatable bonds is 5. The lowest BCUT2D eigenvalue weighted by Crippen LogP contribution is -2.31. The Balaban J connectivity index is 2.19. The van der Waals surface area contributed by atoms with Crippen LogP contribution in [0, 0.1) is 0 Å². The van der Waals surface area contributed by atoms with Gasteiger partial charge in [-0.3, -0.25) is 0 Å². The van der Waals surface area contributed by atoms with Crippen molar-refractivity contribution in [3.8, 4) is 5.75 Å². The molecule has 1 atom stereocenters. The Labute approximate surface area is 112 Å². The molecule has 98 valence electrons. The summed E-state index contributed by atoms with van der Waals surface area (Å²) in [6.45, 7) is 0. The smallest absolute Gasteiger partial charge is 0.118 e. The van der Waals surface area contributed by atoms with Gasteiger partial charge in [-0.1, -0.05) is 42.5 Å². The summed E-state index contributed by atoms with van der Waals surface area (Å²) in [6.07, 6.45) is 0.413. The number of carboxylic acid groups (broad SMARTS) is 1. The van der Waals surface area contributed by atoms with Crippen LogP contribution in [0.3, 0.4) is 0 Å². The number of carboxylic acids is 1. The van der Waals surface area contributed by atoms with Crippen LogP contribution in [0.2, 0.25) is 0 Å². The summed E-state index contributed by atoms with van der Waals surface area (Å²) in [4.78, 5) is 11.3. The van der Waals surface area contributed by atoms with Crippen LogP contribution in [-0.2, 0) is 11.2 Å². The van der Waals surface area contributed by atoms with E-state index in [1.165, 1.54) is 0 Å². The van der Waals surface area contributed by atoms with Gasteiger partial charge in [-0.15, -0.1) is 0 Å². The zero-order valence-corrected chi connectivity index (χ0v) is 10.7. The molecule has 0 saturated heterocycles. The molecule has 0 heterocycles. The van der Waals surface area contributed by atoms with Gasteiger partial charge in [0.15, 0.2) is 0 Å². The molecule has 0 unspecified atom stereocenters. The van der Waals surface area contributed by atoms with Gasteiger partial charge in [-0.2, -0.15) is 0 Å². The van der Waals surface area contributed by atoms with Crippen molar-refractivity contribution in [1.82, 2.24) is 0 Å². The zero-order valence-electron chi connectivity index (χ0n) is 10.7. The highest BCUT2D eigenvalue weighted by Crippen LogP contribution is 2.21. The first-order valence-electron chi connectivity index (χ1n) is 6.09. The van der Waals surface area contributed by atoms with Gasteiger partial charge in [-0.25, -0.2) is 0 Å². The zero-order chi connectivity index (χ0) is 13.7. The Bertz CT molecular complexity index is 532. The number of hydrogen-bond acceptors (Lipinski definition) is 3. The third-order valence-electron chi connectivity index (χ3n) is 3.09. The highest BCUT2D eigenvalue weighted by atomic mass is 16.5. The molecular weight excluding hydrogens is 240 g/mol. The van der Waals surface area contributed by atoms with Gasteiger partial charge in [0.2, 0.25) is 0 Å². The van der Waals surface area contributed by atoms with E-state index in [1.54, 1.807) is 7.11 Å². The summed E-state index contributed by atoms with van der Waals surface area (Å²) in [6, 6.07) is 16.5. The maximum atomic E-state index is 11.3. The van der Waals surface area contributed by atoms with E-state index in [0.29, 0.717) is 6.42 Å². The van der Waals surface area contributed by atoms with Crippen LogP contribution >= 0.6 is 0 Å². The normalized spacial score (nSPS) is 11.8. The molecule has 0 spiro atoms. The summed E-state index contributed by atoms with van der Waals surface area (Å²) < 4.78 is 5.08. The molecule has 2 rings (SSSR count). The van der Waals surface area contributed by atoms with Gasteiger partial charge in [0.25, 0.3) is 0 Å². The first-order chi connectivity index (χ1) is 9.20. The Morgan fingerprint density at radius 2 is 1.74 bits per heavy atom. The van der Waals surface area contributed by atoms with E-state index in [0.717, 1.165) is 16.9 Å². The molecule has 0 N–H and O–H groups in total. The Hall–Kier alpha value is -2.29. The quantitative estimate of drug-likeness (QED) is 0.818. The number of carbonyl (C=O) groups is 1. The minimum Gasteiger partial charge on any atom is -0.549 e. The first-order valence-corrected chi connectivity index (χ1v) is 6.09. The van der Waals surface area contributed by atoms with Crippen molar-refractivity contribution in [2.75, 3.05) is 7.11 Å². The SMILES string of the molecule is COc1ccc(C[C@H](C(=O)[O-])c2ccccc2)cc1. The molecule has 0 aliphatic heterocycles. The molecule has 2 aromatic carbocycles. The summed E-state index contributed by atoms with van der Waals surface area (Å²) in [5.74, 6) is -0.926. The first kappa shape index (κ1) is 13.1. The topological polar surface area (TPSA) is 49.4 Å². The molecule has 0 radical (unpaired) electrons. The van der Waals surface area contributed by atoms with Crippen LogP contribution in [0.25, 0.3) is 0 Å². The van der Waals surface area contributed by atoms with E-state index in [9.17, 15) is 9.90 Å². The van der Waals surface area contributed by atoms with E-state index >= 15 is 0 Å². The predicted octanol–water partition coefficient (Wildman–Crippen LogP) is 1.77. The van der Waals surface area contributed by atoms with Crippen LogP contribution in [0.1, 0.15) is 17.0 Å². The minimum absolute atomic E-state index is 0.413. The van der Waals surface area contributed by atoms with Crippen LogP contribution in [0.5, 0.6) is 5.75 Å². The van der Waals surface area contributed by atoms with Crippen molar-refractivity contribution >= 4 is 5.97 Å². The minimum atomic E-state index is -1.05. The van der Waals surface area contributed by atoms with E-state index in [4.69, 9.17) is 4.74 Å².